The van der Waals surface area contributed by atoms with E-state index in [4.69, 9.17) is 5.73 Å². The van der Waals surface area contributed by atoms with Gasteiger partial charge in [0.05, 0.1) is 6.54 Å². The van der Waals surface area contributed by atoms with Crippen LogP contribution in [-0.2, 0) is 6.54 Å². The lowest BCUT2D eigenvalue weighted by Gasteiger charge is -2.05. The van der Waals surface area contributed by atoms with Gasteiger partial charge in [-0.3, -0.25) is 4.79 Å². The van der Waals surface area contributed by atoms with Gasteiger partial charge in [-0.25, -0.2) is 4.98 Å². The lowest BCUT2D eigenvalue weighted by molar-refractivity contribution is 0.0951. The number of nitrogen functional groups attached to an aromatic ring is 1. The van der Waals surface area contributed by atoms with Crippen molar-refractivity contribution in [2.24, 2.45) is 0 Å². The van der Waals surface area contributed by atoms with Crippen molar-refractivity contribution in [2.45, 2.75) is 6.54 Å². The molecule has 2 rings (SSSR count). The maximum absolute atomic E-state index is 11.8. The number of carbonyl (C=O) groups is 1. The lowest BCUT2D eigenvalue weighted by Crippen LogP contribution is -2.22. The first-order chi connectivity index (χ1) is 8.16. The zero-order valence-electron chi connectivity index (χ0n) is 8.81. The Morgan fingerprint density at radius 2 is 2.35 bits per heavy atom. The third kappa shape index (κ3) is 3.04. The number of hydrogen-bond donors (Lipinski definition) is 2. The molecule has 2 aromatic rings. The van der Waals surface area contributed by atoms with Crippen LogP contribution in [0.3, 0.4) is 0 Å². The Morgan fingerprint density at radius 1 is 1.53 bits per heavy atom. The van der Waals surface area contributed by atoms with E-state index in [2.05, 4.69) is 26.2 Å². The number of nitrogens with zero attached hydrogens (tertiary/aromatic N) is 1. The molecule has 0 saturated heterocycles. The van der Waals surface area contributed by atoms with Crippen molar-refractivity contribution >= 4 is 38.9 Å². The third-order valence-electron chi connectivity index (χ3n) is 2.15. The molecule has 1 heterocycles. The van der Waals surface area contributed by atoms with Crippen molar-refractivity contribution in [3.8, 4) is 0 Å². The number of hydrogen-bond acceptors (Lipinski definition) is 4. The number of nitrogens with two attached hydrogens (primary N) is 1. The second kappa shape index (κ2) is 5.29. The summed E-state index contributed by atoms with van der Waals surface area (Å²) in [5.41, 5.74) is 6.84. The first-order valence-electron chi connectivity index (χ1n) is 4.88. The van der Waals surface area contributed by atoms with Gasteiger partial charge in [-0.05, 0) is 34.1 Å². The molecule has 3 N–H and O–H groups in total. The van der Waals surface area contributed by atoms with Crippen molar-refractivity contribution in [1.29, 1.82) is 0 Å². The Hall–Kier alpha value is -1.40. The average Bonchev–Trinajstić information content (AvgIpc) is 2.82. The molecule has 0 aliphatic heterocycles. The summed E-state index contributed by atoms with van der Waals surface area (Å²) in [4.78, 5) is 15.9. The molecule has 1 amide bonds. The second-order valence-electron chi connectivity index (χ2n) is 3.34. The first kappa shape index (κ1) is 12.1. The van der Waals surface area contributed by atoms with Crippen molar-refractivity contribution in [2.75, 3.05) is 5.73 Å². The number of benzene rings is 1. The van der Waals surface area contributed by atoms with Crippen molar-refractivity contribution in [1.82, 2.24) is 10.3 Å². The molecule has 0 fully saturated rings. The minimum atomic E-state index is -0.138. The standard InChI is InChI=1S/C11H10BrN3OS/c12-8-5-7(1-2-9(8)13)11(16)15-6-10-14-3-4-17-10/h1-5H,6,13H2,(H,15,16). The quantitative estimate of drug-likeness (QED) is 0.855. The molecule has 6 heteroatoms. The Balaban J connectivity index is 2.02. The van der Waals surface area contributed by atoms with Gasteiger partial charge >= 0.3 is 0 Å². The van der Waals surface area contributed by atoms with E-state index >= 15 is 0 Å². The van der Waals surface area contributed by atoms with Crippen LogP contribution in [0.5, 0.6) is 0 Å². The monoisotopic (exact) mass is 311 g/mol. The van der Waals surface area contributed by atoms with Crippen molar-refractivity contribution in [3.05, 3.63) is 44.8 Å². The van der Waals surface area contributed by atoms with Gasteiger partial charge in [0, 0.05) is 27.3 Å². The molecule has 0 bridgehead atoms. The molecule has 0 radical (unpaired) electrons. The van der Waals surface area contributed by atoms with Crippen LogP contribution in [0.1, 0.15) is 15.4 Å². The van der Waals surface area contributed by atoms with Gasteiger partial charge in [0.25, 0.3) is 5.91 Å². The van der Waals surface area contributed by atoms with Crippen LogP contribution in [0.25, 0.3) is 0 Å². The highest BCUT2D eigenvalue weighted by molar-refractivity contribution is 9.10. The fourth-order valence-electron chi connectivity index (χ4n) is 1.27. The predicted molar refractivity (Wildman–Crippen MR) is 71.8 cm³/mol. The minimum Gasteiger partial charge on any atom is -0.398 e. The summed E-state index contributed by atoms with van der Waals surface area (Å²) in [5.74, 6) is -0.138. The van der Waals surface area contributed by atoms with Gasteiger partial charge in [0.1, 0.15) is 5.01 Å². The van der Waals surface area contributed by atoms with Crippen LogP contribution >= 0.6 is 27.3 Å². The van der Waals surface area contributed by atoms with Crippen LogP contribution in [0, 0.1) is 0 Å². The summed E-state index contributed by atoms with van der Waals surface area (Å²) in [6.07, 6.45) is 1.71. The third-order valence-corrected chi connectivity index (χ3v) is 3.61. The number of carbonyl (C=O) groups excluding carboxylic acids is 1. The van der Waals surface area contributed by atoms with Crippen LogP contribution < -0.4 is 11.1 Å². The number of rotatable bonds is 3. The zero-order valence-corrected chi connectivity index (χ0v) is 11.2. The smallest absolute Gasteiger partial charge is 0.251 e. The molecule has 4 nitrogen and oxygen atoms in total. The molecule has 0 aliphatic rings. The SMILES string of the molecule is Nc1ccc(C(=O)NCc2nccs2)cc1Br. The fourth-order valence-corrected chi connectivity index (χ4v) is 2.20. The molecule has 1 aromatic carbocycles. The van der Waals surface area contributed by atoms with Crippen molar-refractivity contribution < 1.29 is 4.79 Å². The van der Waals surface area contributed by atoms with E-state index in [-0.39, 0.29) is 5.91 Å². The number of halogens is 1. The number of amides is 1. The lowest BCUT2D eigenvalue weighted by atomic mass is 10.2. The zero-order chi connectivity index (χ0) is 12.3. The van der Waals surface area contributed by atoms with Gasteiger partial charge in [-0.2, -0.15) is 0 Å². The molecule has 17 heavy (non-hydrogen) atoms. The van der Waals surface area contributed by atoms with Gasteiger partial charge < -0.3 is 11.1 Å². The average molecular weight is 312 g/mol. The van der Waals surface area contributed by atoms with E-state index in [1.807, 2.05) is 5.38 Å². The van der Waals surface area contributed by atoms with Crippen LogP contribution in [0.4, 0.5) is 5.69 Å². The Labute approximate surface area is 111 Å². The first-order valence-corrected chi connectivity index (χ1v) is 6.55. The Kier molecular flexibility index (Phi) is 3.75. The summed E-state index contributed by atoms with van der Waals surface area (Å²) in [5, 5.41) is 5.55. The van der Waals surface area contributed by atoms with Crippen LogP contribution in [-0.4, -0.2) is 10.9 Å². The van der Waals surface area contributed by atoms with Crippen LogP contribution in [0.2, 0.25) is 0 Å². The molecule has 0 spiro atoms. The Bertz CT molecular complexity index is 528. The van der Waals surface area contributed by atoms with Crippen molar-refractivity contribution in [3.63, 3.8) is 0 Å². The van der Waals surface area contributed by atoms with Gasteiger partial charge in [-0.15, -0.1) is 11.3 Å². The van der Waals surface area contributed by atoms with E-state index in [1.54, 1.807) is 24.4 Å². The predicted octanol–water partition coefficient (Wildman–Crippen LogP) is 2.42. The van der Waals surface area contributed by atoms with E-state index in [1.165, 1.54) is 11.3 Å². The van der Waals surface area contributed by atoms with E-state index in [0.717, 1.165) is 9.48 Å². The summed E-state index contributed by atoms with van der Waals surface area (Å²) in [6.45, 7) is 0.443. The van der Waals surface area contributed by atoms with E-state index in [0.29, 0.717) is 17.8 Å². The van der Waals surface area contributed by atoms with Gasteiger partial charge in [0.2, 0.25) is 0 Å². The molecule has 0 atom stereocenters. The molecule has 88 valence electrons. The second-order valence-corrected chi connectivity index (χ2v) is 5.18. The maximum atomic E-state index is 11.8. The molecule has 0 aliphatic carbocycles. The van der Waals surface area contributed by atoms with E-state index in [9.17, 15) is 4.79 Å². The normalized spacial score (nSPS) is 10.2. The number of thiazole rings is 1. The molecule has 0 unspecified atom stereocenters. The molecular weight excluding hydrogens is 302 g/mol. The number of nitrogens with one attached hydrogen (secondary N) is 1. The molecule has 1 aromatic heterocycles. The van der Waals surface area contributed by atoms with Gasteiger partial charge in [0.15, 0.2) is 0 Å². The summed E-state index contributed by atoms with van der Waals surface area (Å²) >= 11 is 4.80. The summed E-state index contributed by atoms with van der Waals surface area (Å²) in [7, 11) is 0. The summed E-state index contributed by atoms with van der Waals surface area (Å²) in [6, 6.07) is 5.09. The summed E-state index contributed by atoms with van der Waals surface area (Å²) < 4.78 is 0.722. The van der Waals surface area contributed by atoms with Crippen LogP contribution in [0.15, 0.2) is 34.2 Å². The number of aromatic nitrogens is 1. The topological polar surface area (TPSA) is 68.0 Å². The minimum absolute atomic E-state index is 0.138. The number of anilines is 1. The highest BCUT2D eigenvalue weighted by atomic mass is 79.9. The maximum Gasteiger partial charge on any atom is 0.251 e. The highest BCUT2D eigenvalue weighted by Crippen LogP contribution is 2.20. The largest absolute Gasteiger partial charge is 0.398 e. The Morgan fingerprint density at radius 3 is 3.00 bits per heavy atom. The fraction of sp³-hybridized carbons (Fsp3) is 0.0909. The molecule has 0 saturated carbocycles. The van der Waals surface area contributed by atoms with E-state index < -0.39 is 0 Å². The molecular formula is C11H10BrN3OS. The van der Waals surface area contributed by atoms with Gasteiger partial charge in [-0.1, -0.05) is 0 Å². The highest BCUT2D eigenvalue weighted by Gasteiger charge is 2.07.